The zero-order chi connectivity index (χ0) is 19.7. The molecule has 0 radical (unpaired) electrons. The molecule has 0 bridgehead atoms. The van der Waals surface area contributed by atoms with Crippen molar-refractivity contribution in [2.75, 3.05) is 6.54 Å². The Labute approximate surface area is 166 Å². The molecule has 0 saturated heterocycles. The van der Waals surface area contributed by atoms with E-state index in [1.165, 1.54) is 16.8 Å². The molecule has 3 heterocycles. The Kier molecular flexibility index (Phi) is 5.33. The number of benzene rings is 1. The van der Waals surface area contributed by atoms with Gasteiger partial charge < -0.3 is 5.11 Å². The number of hydrogen-bond donors (Lipinski definition) is 1. The van der Waals surface area contributed by atoms with Gasteiger partial charge in [0.1, 0.15) is 0 Å². The van der Waals surface area contributed by atoms with Crippen molar-refractivity contribution in [3.05, 3.63) is 65.2 Å². The fourth-order valence-corrected chi connectivity index (χ4v) is 3.74. The van der Waals surface area contributed by atoms with Gasteiger partial charge in [0.15, 0.2) is 0 Å². The second-order valence-corrected chi connectivity index (χ2v) is 8.06. The van der Waals surface area contributed by atoms with Gasteiger partial charge in [-0.15, -0.1) is 0 Å². The Morgan fingerprint density at radius 3 is 2.61 bits per heavy atom. The summed E-state index contributed by atoms with van der Waals surface area (Å²) in [6.07, 6.45) is 4.61. The zero-order valence-electron chi connectivity index (χ0n) is 16.9. The van der Waals surface area contributed by atoms with Gasteiger partial charge in [-0.05, 0) is 43.0 Å². The lowest BCUT2D eigenvalue weighted by Gasteiger charge is -2.18. The highest BCUT2D eigenvalue weighted by atomic mass is 16.3. The molecular formula is C22H29N5O. The van der Waals surface area contributed by atoms with E-state index in [0.717, 1.165) is 44.0 Å². The predicted molar refractivity (Wildman–Crippen MR) is 109 cm³/mol. The summed E-state index contributed by atoms with van der Waals surface area (Å²) in [5, 5.41) is 18.9. The number of rotatable bonds is 5. The van der Waals surface area contributed by atoms with Crippen molar-refractivity contribution in [3.63, 3.8) is 0 Å². The molecule has 1 aromatic carbocycles. The van der Waals surface area contributed by atoms with Crippen molar-refractivity contribution in [2.24, 2.45) is 0 Å². The third-order valence-corrected chi connectivity index (χ3v) is 5.41. The first kappa shape index (κ1) is 18.9. The maximum atomic E-state index is 9.80. The van der Waals surface area contributed by atoms with Crippen LogP contribution in [0, 0.1) is 0 Å². The molecule has 0 amide bonds. The number of aliphatic hydroxyl groups excluding tert-OH is 1. The number of fused-ring (bicyclic) bond motifs is 1. The van der Waals surface area contributed by atoms with Gasteiger partial charge in [0, 0.05) is 37.9 Å². The summed E-state index contributed by atoms with van der Waals surface area (Å²) in [6.45, 7) is 9.81. The number of aliphatic hydroxyl groups is 1. The Bertz CT molecular complexity index is 923. The molecule has 28 heavy (non-hydrogen) atoms. The lowest BCUT2D eigenvalue weighted by atomic mass is 10.0. The summed E-state index contributed by atoms with van der Waals surface area (Å²) in [7, 11) is 0. The Hall–Kier alpha value is -2.44. The zero-order valence-corrected chi connectivity index (χ0v) is 16.9. The molecule has 1 aliphatic rings. The molecule has 0 aliphatic carbocycles. The molecular weight excluding hydrogens is 350 g/mol. The molecule has 0 saturated carbocycles. The van der Waals surface area contributed by atoms with E-state index in [0.29, 0.717) is 5.92 Å². The van der Waals surface area contributed by atoms with Gasteiger partial charge in [-0.25, -0.2) is 4.68 Å². The van der Waals surface area contributed by atoms with Gasteiger partial charge in [0.2, 0.25) is 0 Å². The molecule has 1 atom stereocenters. The van der Waals surface area contributed by atoms with Crippen LogP contribution < -0.4 is 0 Å². The van der Waals surface area contributed by atoms with Gasteiger partial charge >= 0.3 is 0 Å². The van der Waals surface area contributed by atoms with Crippen LogP contribution in [-0.2, 0) is 19.6 Å². The van der Waals surface area contributed by atoms with Crippen molar-refractivity contribution in [1.82, 2.24) is 24.5 Å². The second kappa shape index (κ2) is 7.89. The summed E-state index contributed by atoms with van der Waals surface area (Å²) < 4.78 is 3.99. The van der Waals surface area contributed by atoms with E-state index >= 15 is 0 Å². The van der Waals surface area contributed by atoms with Crippen molar-refractivity contribution in [1.29, 1.82) is 0 Å². The standard InChI is InChI=1S/C22H29N5O/c1-16(2)19-5-7-20(8-6-19)27-14-18(12-23-27)13-25-9-4-10-26-21(15-25)11-22(24-26)17(3)28/h5-8,11-12,14,16-17,28H,4,9-10,13,15H2,1-3H3/t17-/m1/s1. The van der Waals surface area contributed by atoms with Gasteiger partial charge in [-0.2, -0.15) is 10.2 Å². The average Bonchev–Trinajstić information content (AvgIpc) is 3.25. The van der Waals surface area contributed by atoms with Crippen molar-refractivity contribution in [2.45, 2.75) is 58.8 Å². The molecule has 6 heteroatoms. The van der Waals surface area contributed by atoms with Crippen molar-refractivity contribution >= 4 is 0 Å². The highest BCUT2D eigenvalue weighted by Crippen LogP contribution is 2.20. The molecule has 4 rings (SSSR count). The lowest BCUT2D eigenvalue weighted by Crippen LogP contribution is -2.22. The first-order valence-corrected chi connectivity index (χ1v) is 10.1. The SMILES string of the molecule is CC(C)c1ccc(-n2cc(CN3CCCn4nc([C@@H](C)O)cc4C3)cn2)cc1. The predicted octanol–water partition coefficient (Wildman–Crippen LogP) is 3.65. The quantitative estimate of drug-likeness (QED) is 0.735. The maximum absolute atomic E-state index is 9.80. The first-order chi connectivity index (χ1) is 13.5. The van der Waals surface area contributed by atoms with Gasteiger partial charge in [0.25, 0.3) is 0 Å². The largest absolute Gasteiger partial charge is 0.387 e. The number of aromatic nitrogens is 4. The molecule has 2 aromatic heterocycles. The fourth-order valence-electron chi connectivity index (χ4n) is 3.74. The Morgan fingerprint density at radius 2 is 1.89 bits per heavy atom. The van der Waals surface area contributed by atoms with Crippen LogP contribution in [0.25, 0.3) is 5.69 Å². The minimum absolute atomic E-state index is 0.520. The van der Waals surface area contributed by atoms with E-state index in [1.807, 2.05) is 21.6 Å². The van der Waals surface area contributed by atoms with E-state index in [-0.39, 0.29) is 0 Å². The summed E-state index contributed by atoms with van der Waals surface area (Å²) in [4.78, 5) is 2.43. The summed E-state index contributed by atoms with van der Waals surface area (Å²) >= 11 is 0. The highest BCUT2D eigenvalue weighted by Gasteiger charge is 2.18. The van der Waals surface area contributed by atoms with Crippen LogP contribution in [0.1, 0.15) is 61.7 Å². The van der Waals surface area contributed by atoms with Crippen LogP contribution in [0.5, 0.6) is 0 Å². The summed E-state index contributed by atoms with van der Waals surface area (Å²) in [6, 6.07) is 10.7. The number of hydrogen-bond acceptors (Lipinski definition) is 4. The summed E-state index contributed by atoms with van der Waals surface area (Å²) in [5.74, 6) is 0.535. The minimum atomic E-state index is -0.520. The first-order valence-electron chi connectivity index (χ1n) is 10.1. The molecule has 6 nitrogen and oxygen atoms in total. The molecule has 3 aromatic rings. The highest BCUT2D eigenvalue weighted by molar-refractivity contribution is 5.35. The van der Waals surface area contributed by atoms with Crippen LogP contribution in [-0.4, -0.2) is 36.1 Å². The molecule has 0 spiro atoms. The van der Waals surface area contributed by atoms with Gasteiger partial charge in [-0.3, -0.25) is 9.58 Å². The van der Waals surface area contributed by atoms with E-state index in [9.17, 15) is 5.11 Å². The molecule has 0 unspecified atom stereocenters. The van der Waals surface area contributed by atoms with E-state index in [2.05, 4.69) is 59.4 Å². The number of nitrogens with zero attached hydrogens (tertiary/aromatic N) is 5. The topological polar surface area (TPSA) is 59.1 Å². The summed E-state index contributed by atoms with van der Waals surface area (Å²) in [5.41, 5.74) is 5.57. The van der Waals surface area contributed by atoms with Crippen LogP contribution in [0.4, 0.5) is 0 Å². The van der Waals surface area contributed by atoms with Crippen LogP contribution >= 0.6 is 0 Å². The third-order valence-electron chi connectivity index (χ3n) is 5.41. The van der Waals surface area contributed by atoms with E-state index < -0.39 is 6.10 Å². The van der Waals surface area contributed by atoms with Crippen LogP contribution in [0.3, 0.4) is 0 Å². The third kappa shape index (κ3) is 4.03. The minimum Gasteiger partial charge on any atom is -0.387 e. The smallest absolute Gasteiger partial charge is 0.0950 e. The molecule has 1 aliphatic heterocycles. The van der Waals surface area contributed by atoms with Crippen LogP contribution in [0.2, 0.25) is 0 Å². The molecule has 148 valence electrons. The lowest BCUT2D eigenvalue weighted by molar-refractivity contribution is 0.193. The normalized spacial score (nSPS) is 16.2. The van der Waals surface area contributed by atoms with Gasteiger partial charge in [0.05, 0.1) is 29.4 Å². The maximum Gasteiger partial charge on any atom is 0.0950 e. The Morgan fingerprint density at radius 1 is 1.11 bits per heavy atom. The Balaban J connectivity index is 1.46. The van der Waals surface area contributed by atoms with Crippen molar-refractivity contribution < 1.29 is 5.11 Å². The monoisotopic (exact) mass is 379 g/mol. The van der Waals surface area contributed by atoms with Crippen molar-refractivity contribution in [3.8, 4) is 5.69 Å². The second-order valence-electron chi connectivity index (χ2n) is 8.06. The molecule has 1 N–H and O–H groups in total. The number of aryl methyl sites for hydroxylation is 1. The van der Waals surface area contributed by atoms with E-state index in [1.54, 1.807) is 6.92 Å². The average molecular weight is 380 g/mol. The fraction of sp³-hybridized carbons (Fsp3) is 0.455. The molecule has 0 fully saturated rings. The van der Waals surface area contributed by atoms with Crippen LogP contribution in [0.15, 0.2) is 42.7 Å². The van der Waals surface area contributed by atoms with E-state index in [4.69, 9.17) is 0 Å². The van der Waals surface area contributed by atoms with Gasteiger partial charge in [-0.1, -0.05) is 26.0 Å².